The summed E-state index contributed by atoms with van der Waals surface area (Å²) in [7, 11) is 6.17. The van der Waals surface area contributed by atoms with Crippen molar-refractivity contribution in [1.82, 2.24) is 20.0 Å². The Labute approximate surface area is 105 Å². The van der Waals surface area contributed by atoms with E-state index in [1.165, 1.54) is 12.0 Å². The van der Waals surface area contributed by atoms with Gasteiger partial charge in [0.05, 0.1) is 6.20 Å². The van der Waals surface area contributed by atoms with E-state index in [9.17, 15) is 0 Å². The number of hydrogen-bond acceptors (Lipinski definition) is 3. The fraction of sp³-hybridized carbons (Fsp3) is 0.769. The van der Waals surface area contributed by atoms with Crippen molar-refractivity contribution in [3.05, 3.63) is 18.0 Å². The molecule has 0 aliphatic heterocycles. The van der Waals surface area contributed by atoms with Crippen LogP contribution in [-0.4, -0.2) is 41.4 Å². The quantitative estimate of drug-likeness (QED) is 0.781. The molecule has 1 N–H and O–H groups in total. The van der Waals surface area contributed by atoms with Crippen molar-refractivity contribution in [3.63, 3.8) is 0 Å². The third-order valence-electron chi connectivity index (χ3n) is 3.42. The molecule has 0 aliphatic carbocycles. The van der Waals surface area contributed by atoms with Crippen LogP contribution in [-0.2, 0) is 13.6 Å². The summed E-state index contributed by atoms with van der Waals surface area (Å²) in [5, 5.41) is 7.61. The molecule has 1 aromatic rings. The first-order valence-electron chi connectivity index (χ1n) is 6.40. The molecule has 0 aromatic carbocycles. The Kier molecular flexibility index (Phi) is 5.65. The van der Waals surface area contributed by atoms with Gasteiger partial charge in [0.2, 0.25) is 0 Å². The van der Waals surface area contributed by atoms with Crippen LogP contribution in [0.25, 0.3) is 0 Å². The molecule has 17 heavy (non-hydrogen) atoms. The van der Waals surface area contributed by atoms with Gasteiger partial charge in [0.1, 0.15) is 0 Å². The number of aromatic nitrogens is 2. The summed E-state index contributed by atoms with van der Waals surface area (Å²) in [6.07, 6.45) is 5.23. The molecule has 1 aromatic heterocycles. The first-order chi connectivity index (χ1) is 8.06. The summed E-state index contributed by atoms with van der Waals surface area (Å²) >= 11 is 0. The van der Waals surface area contributed by atoms with Crippen LogP contribution in [0.15, 0.2) is 12.4 Å². The van der Waals surface area contributed by atoms with Gasteiger partial charge >= 0.3 is 0 Å². The van der Waals surface area contributed by atoms with Crippen molar-refractivity contribution in [2.24, 2.45) is 13.0 Å². The minimum atomic E-state index is 0.557. The molecule has 0 saturated carbocycles. The normalized spacial score (nSPS) is 15.2. The van der Waals surface area contributed by atoms with Crippen molar-refractivity contribution in [1.29, 1.82) is 0 Å². The first kappa shape index (κ1) is 14.2. The second kappa shape index (κ2) is 6.77. The molecule has 0 aliphatic rings. The second-order valence-corrected chi connectivity index (χ2v) is 5.00. The molecular weight excluding hydrogens is 212 g/mol. The monoisotopic (exact) mass is 238 g/mol. The van der Waals surface area contributed by atoms with Crippen LogP contribution in [0.5, 0.6) is 0 Å². The van der Waals surface area contributed by atoms with Crippen molar-refractivity contribution >= 4 is 0 Å². The van der Waals surface area contributed by atoms with Crippen LogP contribution in [0.2, 0.25) is 0 Å². The highest BCUT2D eigenvalue weighted by Crippen LogP contribution is 2.10. The van der Waals surface area contributed by atoms with E-state index >= 15 is 0 Å². The average molecular weight is 238 g/mol. The van der Waals surface area contributed by atoms with Crippen LogP contribution < -0.4 is 5.32 Å². The highest BCUT2D eigenvalue weighted by molar-refractivity contribution is 5.03. The van der Waals surface area contributed by atoms with Gasteiger partial charge in [0, 0.05) is 37.9 Å². The van der Waals surface area contributed by atoms with Gasteiger partial charge in [0.15, 0.2) is 0 Å². The third-order valence-corrected chi connectivity index (χ3v) is 3.42. The zero-order valence-corrected chi connectivity index (χ0v) is 11.8. The van der Waals surface area contributed by atoms with Crippen LogP contribution >= 0.6 is 0 Å². The molecule has 2 unspecified atom stereocenters. The zero-order valence-electron chi connectivity index (χ0n) is 11.8. The summed E-state index contributed by atoms with van der Waals surface area (Å²) in [6.45, 7) is 6.58. The Morgan fingerprint density at radius 3 is 2.71 bits per heavy atom. The highest BCUT2D eigenvalue weighted by Gasteiger charge is 2.15. The predicted molar refractivity (Wildman–Crippen MR) is 71.8 cm³/mol. The lowest BCUT2D eigenvalue weighted by molar-refractivity contribution is 0.246. The van der Waals surface area contributed by atoms with Gasteiger partial charge in [-0.1, -0.05) is 20.3 Å². The molecule has 0 spiro atoms. The van der Waals surface area contributed by atoms with Crippen molar-refractivity contribution in [3.8, 4) is 0 Å². The number of nitrogens with one attached hydrogen (secondary N) is 1. The highest BCUT2D eigenvalue weighted by atomic mass is 15.2. The SMILES string of the molecule is CCC(C)C(CN(C)Cc1cnn(C)c1)NC. The van der Waals surface area contributed by atoms with Crippen molar-refractivity contribution in [2.45, 2.75) is 32.9 Å². The van der Waals surface area contributed by atoms with Crippen LogP contribution in [0.1, 0.15) is 25.8 Å². The van der Waals surface area contributed by atoms with Gasteiger partial charge in [-0.25, -0.2) is 0 Å². The van der Waals surface area contributed by atoms with Gasteiger partial charge in [-0.2, -0.15) is 5.10 Å². The van der Waals surface area contributed by atoms with Crippen molar-refractivity contribution < 1.29 is 0 Å². The van der Waals surface area contributed by atoms with Gasteiger partial charge in [-0.05, 0) is 20.0 Å². The molecule has 1 rings (SSSR count). The molecule has 0 amide bonds. The Morgan fingerprint density at radius 2 is 2.24 bits per heavy atom. The van der Waals surface area contributed by atoms with E-state index in [0.717, 1.165) is 13.1 Å². The Morgan fingerprint density at radius 1 is 1.53 bits per heavy atom. The van der Waals surface area contributed by atoms with E-state index in [2.05, 4.69) is 49.5 Å². The standard InChI is InChI=1S/C13H26N4/c1-6-11(2)13(14-3)10-16(4)8-12-7-15-17(5)9-12/h7,9,11,13-14H,6,8,10H2,1-5H3. The van der Waals surface area contributed by atoms with E-state index in [4.69, 9.17) is 0 Å². The van der Waals surface area contributed by atoms with Crippen LogP contribution in [0.4, 0.5) is 0 Å². The molecule has 2 atom stereocenters. The van der Waals surface area contributed by atoms with E-state index in [0.29, 0.717) is 12.0 Å². The molecular formula is C13H26N4. The van der Waals surface area contributed by atoms with Crippen LogP contribution in [0, 0.1) is 5.92 Å². The Hall–Kier alpha value is -0.870. The fourth-order valence-electron chi connectivity index (χ4n) is 2.11. The maximum absolute atomic E-state index is 4.19. The van der Waals surface area contributed by atoms with Crippen LogP contribution in [0.3, 0.4) is 0 Å². The fourth-order valence-corrected chi connectivity index (χ4v) is 2.11. The zero-order chi connectivity index (χ0) is 12.8. The lowest BCUT2D eigenvalue weighted by Crippen LogP contribution is -2.41. The summed E-state index contributed by atoms with van der Waals surface area (Å²) in [5.74, 6) is 0.705. The molecule has 0 bridgehead atoms. The largest absolute Gasteiger partial charge is 0.315 e. The van der Waals surface area contributed by atoms with E-state index in [-0.39, 0.29) is 0 Å². The molecule has 0 saturated heterocycles. The number of likely N-dealkylation sites (N-methyl/N-ethyl adjacent to an activating group) is 2. The number of nitrogens with zero attached hydrogens (tertiary/aromatic N) is 3. The lowest BCUT2D eigenvalue weighted by Gasteiger charge is -2.27. The minimum absolute atomic E-state index is 0.557. The smallest absolute Gasteiger partial charge is 0.0534 e. The maximum atomic E-state index is 4.19. The van der Waals surface area contributed by atoms with E-state index in [1.807, 2.05) is 17.9 Å². The molecule has 4 nitrogen and oxygen atoms in total. The number of rotatable bonds is 7. The molecule has 4 heteroatoms. The lowest BCUT2D eigenvalue weighted by atomic mass is 9.99. The molecule has 0 fully saturated rings. The third kappa shape index (κ3) is 4.48. The van der Waals surface area contributed by atoms with E-state index < -0.39 is 0 Å². The molecule has 1 heterocycles. The number of hydrogen-bond donors (Lipinski definition) is 1. The van der Waals surface area contributed by atoms with Gasteiger partial charge in [0.25, 0.3) is 0 Å². The summed E-state index contributed by atoms with van der Waals surface area (Å²) in [4.78, 5) is 2.35. The first-order valence-corrected chi connectivity index (χ1v) is 6.40. The average Bonchev–Trinajstić information content (AvgIpc) is 2.70. The van der Waals surface area contributed by atoms with Gasteiger partial charge in [-0.3, -0.25) is 4.68 Å². The summed E-state index contributed by atoms with van der Waals surface area (Å²) in [5.41, 5.74) is 1.27. The topological polar surface area (TPSA) is 33.1 Å². The maximum Gasteiger partial charge on any atom is 0.0534 e. The Bertz CT molecular complexity index is 321. The molecule has 0 radical (unpaired) electrons. The Balaban J connectivity index is 2.44. The number of aryl methyl sites for hydroxylation is 1. The molecule has 98 valence electrons. The second-order valence-electron chi connectivity index (χ2n) is 5.00. The minimum Gasteiger partial charge on any atom is -0.315 e. The van der Waals surface area contributed by atoms with Crippen molar-refractivity contribution in [2.75, 3.05) is 20.6 Å². The summed E-state index contributed by atoms with van der Waals surface area (Å²) in [6, 6.07) is 0.557. The van der Waals surface area contributed by atoms with E-state index in [1.54, 1.807) is 0 Å². The van der Waals surface area contributed by atoms with Gasteiger partial charge < -0.3 is 10.2 Å². The van der Waals surface area contributed by atoms with Gasteiger partial charge in [-0.15, -0.1) is 0 Å². The summed E-state index contributed by atoms with van der Waals surface area (Å²) < 4.78 is 1.85. The predicted octanol–water partition coefficient (Wildman–Crippen LogP) is 1.49.